The molecule has 2 aliphatic carbocycles. The lowest BCUT2D eigenvalue weighted by molar-refractivity contribution is -0.922. The van der Waals surface area contributed by atoms with E-state index in [-0.39, 0.29) is 0 Å². The van der Waals surface area contributed by atoms with Gasteiger partial charge in [0.25, 0.3) is 0 Å². The van der Waals surface area contributed by atoms with Crippen LogP contribution in [0.15, 0.2) is 0 Å². The zero-order valence-corrected chi connectivity index (χ0v) is 16.3. The Morgan fingerprint density at radius 3 is 2.73 bits per heavy atom. The molecule has 0 amide bonds. The number of hydrogen-bond acceptors (Lipinski definition) is 5. The van der Waals surface area contributed by atoms with E-state index in [1.807, 2.05) is 11.3 Å². The van der Waals surface area contributed by atoms with Gasteiger partial charge in [0.05, 0.1) is 18.6 Å². The van der Waals surface area contributed by atoms with Crippen molar-refractivity contribution >= 4 is 27.4 Å². The van der Waals surface area contributed by atoms with Crippen molar-refractivity contribution in [2.45, 2.75) is 64.0 Å². The van der Waals surface area contributed by atoms with Gasteiger partial charge in [0, 0.05) is 10.9 Å². The van der Waals surface area contributed by atoms with Gasteiger partial charge in [-0.05, 0) is 37.7 Å². The van der Waals surface area contributed by atoms with E-state index in [1.54, 1.807) is 9.78 Å². The molecule has 2 N–H and O–H groups in total. The van der Waals surface area contributed by atoms with Gasteiger partial charge in [-0.25, -0.2) is 9.97 Å². The van der Waals surface area contributed by atoms with Crippen LogP contribution < -0.4 is 10.2 Å². The maximum absolute atomic E-state index is 5.50. The summed E-state index contributed by atoms with van der Waals surface area (Å²) in [5.74, 6) is 2.14. The van der Waals surface area contributed by atoms with Crippen LogP contribution in [0.1, 0.15) is 54.8 Å². The van der Waals surface area contributed by atoms with Crippen molar-refractivity contribution in [3.63, 3.8) is 0 Å². The number of fused-ring (bicyclic) bond motifs is 3. The van der Waals surface area contributed by atoms with Crippen LogP contribution in [-0.4, -0.2) is 42.3 Å². The minimum atomic E-state index is 0.586. The number of quaternary nitrogens is 1. The van der Waals surface area contributed by atoms with Crippen molar-refractivity contribution in [1.29, 1.82) is 0 Å². The molecule has 26 heavy (non-hydrogen) atoms. The van der Waals surface area contributed by atoms with Crippen molar-refractivity contribution in [1.82, 2.24) is 9.97 Å². The number of aryl methyl sites for hydroxylation is 2. The van der Waals surface area contributed by atoms with Crippen molar-refractivity contribution in [3.8, 4) is 0 Å². The Bertz CT molecular complexity index is 778. The molecule has 0 spiro atoms. The SMILES string of the molecule is C1CCC(Nc2nc(C[NH+]3CCOCC3)nc3sc4c(c23)CCC4)CC1. The number of hydrogen-bond donors (Lipinski definition) is 2. The van der Waals surface area contributed by atoms with Gasteiger partial charge in [0.15, 0.2) is 5.82 Å². The minimum absolute atomic E-state index is 0.586. The number of morpholine rings is 1. The topological polar surface area (TPSA) is 51.5 Å². The predicted octanol–water partition coefficient (Wildman–Crippen LogP) is 2.34. The monoisotopic (exact) mass is 373 g/mol. The predicted molar refractivity (Wildman–Crippen MR) is 105 cm³/mol. The lowest BCUT2D eigenvalue weighted by Gasteiger charge is -2.25. The molecule has 3 heterocycles. The first-order valence-corrected chi connectivity index (χ1v) is 11.2. The van der Waals surface area contributed by atoms with Crippen LogP contribution in [0, 0.1) is 0 Å². The molecule has 0 unspecified atom stereocenters. The summed E-state index contributed by atoms with van der Waals surface area (Å²) in [5, 5.41) is 5.18. The molecule has 1 saturated carbocycles. The summed E-state index contributed by atoms with van der Waals surface area (Å²) >= 11 is 1.91. The first-order valence-electron chi connectivity index (χ1n) is 10.4. The third-order valence-electron chi connectivity index (χ3n) is 6.17. The number of aromatic nitrogens is 2. The van der Waals surface area contributed by atoms with Gasteiger partial charge < -0.3 is 15.0 Å². The highest BCUT2D eigenvalue weighted by molar-refractivity contribution is 7.19. The molecule has 0 aromatic carbocycles. The van der Waals surface area contributed by atoms with E-state index >= 15 is 0 Å². The molecule has 1 saturated heterocycles. The summed E-state index contributed by atoms with van der Waals surface area (Å²) in [5.41, 5.74) is 1.54. The van der Waals surface area contributed by atoms with Crippen LogP contribution >= 0.6 is 11.3 Å². The molecule has 0 radical (unpaired) electrons. The van der Waals surface area contributed by atoms with E-state index < -0.39 is 0 Å². The Balaban J connectivity index is 1.48. The summed E-state index contributed by atoms with van der Waals surface area (Å²) in [6, 6.07) is 0.586. The highest BCUT2D eigenvalue weighted by Crippen LogP contribution is 2.40. The minimum Gasteiger partial charge on any atom is -0.370 e. The Hall–Kier alpha value is -1.24. The fourth-order valence-corrected chi connectivity index (χ4v) is 6.00. The summed E-state index contributed by atoms with van der Waals surface area (Å²) in [6.07, 6.45) is 10.4. The van der Waals surface area contributed by atoms with Crippen LogP contribution in [0.4, 0.5) is 5.82 Å². The van der Waals surface area contributed by atoms with Gasteiger partial charge in [0.2, 0.25) is 0 Å². The quantitative estimate of drug-likeness (QED) is 0.864. The third kappa shape index (κ3) is 3.35. The molecule has 1 aliphatic heterocycles. The number of rotatable bonds is 4. The molecule has 140 valence electrons. The molecule has 5 rings (SSSR count). The number of anilines is 1. The lowest BCUT2D eigenvalue weighted by atomic mass is 9.95. The normalized spacial score (nSPS) is 22.0. The van der Waals surface area contributed by atoms with Crippen LogP contribution in [0.5, 0.6) is 0 Å². The van der Waals surface area contributed by atoms with Crippen molar-refractivity contribution < 1.29 is 9.64 Å². The summed E-state index contributed by atoms with van der Waals surface area (Å²) < 4.78 is 5.50. The molecule has 6 heteroatoms. The Morgan fingerprint density at radius 2 is 1.88 bits per heavy atom. The van der Waals surface area contributed by atoms with Gasteiger partial charge in [0.1, 0.15) is 30.3 Å². The summed E-state index contributed by atoms with van der Waals surface area (Å²) in [7, 11) is 0. The van der Waals surface area contributed by atoms with Gasteiger partial charge in [-0.1, -0.05) is 19.3 Å². The molecule has 0 bridgehead atoms. The maximum atomic E-state index is 5.50. The van der Waals surface area contributed by atoms with Gasteiger partial charge in [-0.3, -0.25) is 0 Å². The zero-order chi connectivity index (χ0) is 17.3. The second-order valence-corrected chi connectivity index (χ2v) is 9.13. The smallest absolute Gasteiger partial charge is 0.187 e. The standard InChI is InChI=1S/C20H28N4OS/c1-2-5-14(6-3-1)21-19-18-15-7-4-8-16(15)26-20(18)23-17(22-19)13-24-9-11-25-12-10-24/h14H,1-13H2,(H,21,22,23)/p+1. The molecule has 2 aromatic rings. The van der Waals surface area contributed by atoms with Crippen LogP contribution in [0.2, 0.25) is 0 Å². The van der Waals surface area contributed by atoms with Gasteiger partial charge >= 0.3 is 0 Å². The molecule has 5 nitrogen and oxygen atoms in total. The van der Waals surface area contributed by atoms with Gasteiger partial charge in [-0.2, -0.15) is 0 Å². The largest absolute Gasteiger partial charge is 0.370 e. The molecular weight excluding hydrogens is 344 g/mol. The Labute approximate surface area is 159 Å². The highest BCUT2D eigenvalue weighted by atomic mass is 32.1. The maximum Gasteiger partial charge on any atom is 0.187 e. The van der Waals surface area contributed by atoms with Crippen molar-refractivity contribution in [3.05, 3.63) is 16.3 Å². The van der Waals surface area contributed by atoms with Gasteiger partial charge in [-0.15, -0.1) is 11.3 Å². The third-order valence-corrected chi connectivity index (χ3v) is 7.35. The Kier molecular flexibility index (Phi) is 4.82. The fraction of sp³-hybridized carbons (Fsp3) is 0.700. The van der Waals surface area contributed by atoms with E-state index in [0.29, 0.717) is 6.04 Å². The van der Waals surface area contributed by atoms with Crippen LogP contribution in [0.25, 0.3) is 10.2 Å². The number of thiophene rings is 1. The highest BCUT2D eigenvalue weighted by Gasteiger charge is 2.25. The van der Waals surface area contributed by atoms with E-state index in [4.69, 9.17) is 14.7 Å². The lowest BCUT2D eigenvalue weighted by Crippen LogP contribution is -3.12. The number of nitrogens with zero attached hydrogens (tertiary/aromatic N) is 2. The van der Waals surface area contributed by atoms with E-state index in [2.05, 4.69) is 5.32 Å². The summed E-state index contributed by atoms with van der Waals surface area (Å²) in [4.78, 5) is 14.4. The van der Waals surface area contributed by atoms with E-state index in [1.165, 1.54) is 67.1 Å². The van der Waals surface area contributed by atoms with E-state index in [9.17, 15) is 0 Å². The zero-order valence-electron chi connectivity index (χ0n) is 15.5. The first-order chi connectivity index (χ1) is 12.9. The summed E-state index contributed by atoms with van der Waals surface area (Å²) in [6.45, 7) is 4.76. The molecule has 2 aromatic heterocycles. The number of ether oxygens (including phenoxy) is 1. The van der Waals surface area contributed by atoms with Crippen molar-refractivity contribution in [2.24, 2.45) is 0 Å². The average Bonchev–Trinajstić information content (AvgIpc) is 3.24. The van der Waals surface area contributed by atoms with E-state index in [0.717, 1.165) is 44.5 Å². The molecule has 3 aliphatic rings. The molecule has 2 fully saturated rings. The van der Waals surface area contributed by atoms with Crippen LogP contribution in [0.3, 0.4) is 0 Å². The number of nitrogens with one attached hydrogen (secondary N) is 2. The Morgan fingerprint density at radius 1 is 1.04 bits per heavy atom. The van der Waals surface area contributed by atoms with Crippen LogP contribution in [-0.2, 0) is 24.1 Å². The fourth-order valence-electron chi connectivity index (χ4n) is 4.72. The molecular formula is C20H29N4OS+. The average molecular weight is 374 g/mol. The van der Waals surface area contributed by atoms with Crippen molar-refractivity contribution in [2.75, 3.05) is 31.6 Å². The second-order valence-electron chi connectivity index (χ2n) is 8.04. The first kappa shape index (κ1) is 16.9. The molecule has 0 atom stereocenters. The second kappa shape index (κ2) is 7.41.